The Morgan fingerprint density at radius 2 is 1.94 bits per heavy atom. The number of hydrogen-bond donors (Lipinski definition) is 2. The molecule has 0 spiro atoms. The molecule has 5 heteroatoms. The number of nitrogens with one attached hydrogen (secondary N) is 1. The molecule has 0 bridgehead atoms. The maximum absolute atomic E-state index is 11.5. The Hall–Kier alpha value is -1.75. The minimum absolute atomic E-state index is 0.0960. The Bertz CT molecular complexity index is 381. The van der Waals surface area contributed by atoms with Gasteiger partial charge < -0.3 is 19.9 Å². The minimum atomic E-state index is -0.275. The SMILES string of the molecule is CCOc1ccccc1OCC(=O)NC(C)CO. The number of ether oxygens (including phenoxy) is 2. The largest absolute Gasteiger partial charge is 0.490 e. The number of aliphatic hydroxyl groups is 1. The summed E-state index contributed by atoms with van der Waals surface area (Å²) in [7, 11) is 0. The maximum atomic E-state index is 11.5. The highest BCUT2D eigenvalue weighted by Crippen LogP contribution is 2.26. The first-order chi connectivity index (χ1) is 8.67. The van der Waals surface area contributed by atoms with Gasteiger partial charge in [-0.1, -0.05) is 12.1 Å². The van der Waals surface area contributed by atoms with Crippen LogP contribution in [-0.4, -0.2) is 36.9 Å². The van der Waals surface area contributed by atoms with Gasteiger partial charge in [0.1, 0.15) is 0 Å². The third kappa shape index (κ3) is 4.63. The molecule has 0 aliphatic carbocycles. The molecule has 1 amide bonds. The molecule has 1 unspecified atom stereocenters. The van der Waals surface area contributed by atoms with Gasteiger partial charge in [-0.25, -0.2) is 0 Å². The summed E-state index contributed by atoms with van der Waals surface area (Å²) in [4.78, 5) is 11.5. The maximum Gasteiger partial charge on any atom is 0.258 e. The number of amides is 1. The van der Waals surface area contributed by atoms with E-state index in [1.165, 1.54) is 0 Å². The molecule has 2 N–H and O–H groups in total. The van der Waals surface area contributed by atoms with E-state index in [1.807, 2.05) is 19.1 Å². The van der Waals surface area contributed by atoms with Gasteiger partial charge in [-0.15, -0.1) is 0 Å². The molecule has 0 aliphatic rings. The molecule has 1 rings (SSSR count). The summed E-state index contributed by atoms with van der Waals surface area (Å²) in [5.41, 5.74) is 0. The topological polar surface area (TPSA) is 67.8 Å². The zero-order valence-corrected chi connectivity index (χ0v) is 10.7. The second-order valence-electron chi connectivity index (χ2n) is 3.82. The van der Waals surface area contributed by atoms with Gasteiger partial charge in [-0.05, 0) is 26.0 Å². The number of para-hydroxylation sites is 2. The zero-order chi connectivity index (χ0) is 13.4. The van der Waals surface area contributed by atoms with Crippen LogP contribution < -0.4 is 14.8 Å². The Morgan fingerprint density at radius 3 is 2.50 bits per heavy atom. The highest BCUT2D eigenvalue weighted by atomic mass is 16.5. The van der Waals surface area contributed by atoms with Gasteiger partial charge in [0.05, 0.1) is 13.2 Å². The van der Waals surface area contributed by atoms with Crippen molar-refractivity contribution in [2.45, 2.75) is 19.9 Å². The van der Waals surface area contributed by atoms with Crippen LogP contribution in [0.25, 0.3) is 0 Å². The van der Waals surface area contributed by atoms with Crippen molar-refractivity contribution in [1.29, 1.82) is 0 Å². The number of carbonyl (C=O) groups is 1. The van der Waals surface area contributed by atoms with Crippen LogP contribution in [-0.2, 0) is 4.79 Å². The van der Waals surface area contributed by atoms with Gasteiger partial charge in [0.15, 0.2) is 18.1 Å². The van der Waals surface area contributed by atoms with Crippen molar-refractivity contribution < 1.29 is 19.4 Å². The molecule has 0 aliphatic heterocycles. The van der Waals surface area contributed by atoms with E-state index in [4.69, 9.17) is 14.6 Å². The number of hydrogen-bond acceptors (Lipinski definition) is 4. The molecule has 100 valence electrons. The van der Waals surface area contributed by atoms with Crippen LogP contribution in [0.5, 0.6) is 11.5 Å². The van der Waals surface area contributed by atoms with E-state index in [9.17, 15) is 4.79 Å². The third-order valence-electron chi connectivity index (χ3n) is 2.19. The molecule has 0 radical (unpaired) electrons. The van der Waals surface area contributed by atoms with E-state index >= 15 is 0 Å². The fourth-order valence-corrected chi connectivity index (χ4v) is 1.35. The number of benzene rings is 1. The predicted octanol–water partition coefficient (Wildman–Crippen LogP) is 0.961. The van der Waals surface area contributed by atoms with Crippen LogP contribution in [0.1, 0.15) is 13.8 Å². The van der Waals surface area contributed by atoms with Crippen LogP contribution in [0.2, 0.25) is 0 Å². The third-order valence-corrected chi connectivity index (χ3v) is 2.19. The smallest absolute Gasteiger partial charge is 0.258 e. The predicted molar refractivity (Wildman–Crippen MR) is 67.8 cm³/mol. The zero-order valence-electron chi connectivity index (χ0n) is 10.7. The molecule has 0 saturated heterocycles. The standard InChI is InChI=1S/C13H19NO4/c1-3-17-11-6-4-5-7-12(11)18-9-13(16)14-10(2)8-15/h4-7,10,15H,3,8-9H2,1-2H3,(H,14,16). The summed E-state index contributed by atoms with van der Waals surface area (Å²) in [6, 6.07) is 6.90. The number of aliphatic hydroxyl groups excluding tert-OH is 1. The average molecular weight is 253 g/mol. The molecule has 18 heavy (non-hydrogen) atoms. The molecular weight excluding hydrogens is 234 g/mol. The van der Waals surface area contributed by atoms with Gasteiger partial charge >= 0.3 is 0 Å². The number of rotatable bonds is 7. The van der Waals surface area contributed by atoms with Crippen LogP contribution in [0.4, 0.5) is 0 Å². The van der Waals surface area contributed by atoms with Crippen LogP contribution in [0, 0.1) is 0 Å². The van der Waals surface area contributed by atoms with Crippen molar-refractivity contribution >= 4 is 5.91 Å². The summed E-state index contributed by atoms with van der Waals surface area (Å²) >= 11 is 0. The van der Waals surface area contributed by atoms with Crippen molar-refractivity contribution in [1.82, 2.24) is 5.32 Å². The second kappa shape index (κ2) is 7.55. The highest BCUT2D eigenvalue weighted by Gasteiger charge is 2.09. The number of carbonyl (C=O) groups excluding carboxylic acids is 1. The van der Waals surface area contributed by atoms with Crippen LogP contribution in [0.15, 0.2) is 24.3 Å². The van der Waals surface area contributed by atoms with Crippen LogP contribution in [0.3, 0.4) is 0 Å². The normalized spacial score (nSPS) is 11.7. The molecule has 1 aromatic carbocycles. The van der Waals surface area contributed by atoms with E-state index in [0.29, 0.717) is 18.1 Å². The summed E-state index contributed by atoms with van der Waals surface area (Å²) in [6.45, 7) is 3.93. The lowest BCUT2D eigenvalue weighted by molar-refractivity contribution is -0.124. The Balaban J connectivity index is 2.50. The Labute approximate surface area is 107 Å². The fourth-order valence-electron chi connectivity index (χ4n) is 1.35. The Kier molecular flexibility index (Phi) is 6.00. The van der Waals surface area contributed by atoms with Gasteiger partial charge in [0.2, 0.25) is 0 Å². The average Bonchev–Trinajstić information content (AvgIpc) is 2.38. The molecular formula is C13H19NO4. The van der Waals surface area contributed by atoms with Crippen molar-refractivity contribution in [3.05, 3.63) is 24.3 Å². The molecule has 0 heterocycles. The van der Waals surface area contributed by atoms with Crippen molar-refractivity contribution in [2.24, 2.45) is 0 Å². The van der Waals surface area contributed by atoms with Crippen molar-refractivity contribution in [3.63, 3.8) is 0 Å². The van der Waals surface area contributed by atoms with E-state index in [1.54, 1.807) is 19.1 Å². The second-order valence-corrected chi connectivity index (χ2v) is 3.82. The molecule has 0 fully saturated rings. The van der Waals surface area contributed by atoms with Crippen LogP contribution >= 0.6 is 0 Å². The quantitative estimate of drug-likeness (QED) is 0.759. The summed E-state index contributed by atoms with van der Waals surface area (Å²) < 4.78 is 10.8. The molecule has 0 aromatic heterocycles. The monoisotopic (exact) mass is 253 g/mol. The fraction of sp³-hybridized carbons (Fsp3) is 0.462. The van der Waals surface area contributed by atoms with Gasteiger partial charge in [0.25, 0.3) is 5.91 Å². The van der Waals surface area contributed by atoms with Gasteiger partial charge in [0, 0.05) is 6.04 Å². The van der Waals surface area contributed by atoms with E-state index in [2.05, 4.69) is 5.32 Å². The van der Waals surface area contributed by atoms with Gasteiger partial charge in [-0.2, -0.15) is 0 Å². The first-order valence-corrected chi connectivity index (χ1v) is 5.92. The molecule has 1 atom stereocenters. The Morgan fingerprint density at radius 1 is 1.33 bits per heavy atom. The summed E-state index contributed by atoms with van der Waals surface area (Å²) in [5.74, 6) is 0.872. The van der Waals surface area contributed by atoms with Crippen molar-refractivity contribution in [3.8, 4) is 11.5 Å². The van der Waals surface area contributed by atoms with Crippen molar-refractivity contribution in [2.75, 3.05) is 19.8 Å². The first kappa shape index (κ1) is 14.3. The first-order valence-electron chi connectivity index (χ1n) is 5.92. The summed E-state index contributed by atoms with van der Waals surface area (Å²) in [6.07, 6.45) is 0. The van der Waals surface area contributed by atoms with Gasteiger partial charge in [-0.3, -0.25) is 4.79 Å². The lowest BCUT2D eigenvalue weighted by atomic mass is 10.3. The molecule has 0 saturated carbocycles. The molecule has 1 aromatic rings. The lowest BCUT2D eigenvalue weighted by Gasteiger charge is -2.13. The minimum Gasteiger partial charge on any atom is -0.490 e. The molecule has 5 nitrogen and oxygen atoms in total. The summed E-state index contributed by atoms with van der Waals surface area (Å²) in [5, 5.41) is 11.4. The van der Waals surface area contributed by atoms with E-state index in [0.717, 1.165) is 0 Å². The van der Waals surface area contributed by atoms with E-state index in [-0.39, 0.29) is 25.2 Å². The highest BCUT2D eigenvalue weighted by molar-refractivity contribution is 5.77. The lowest BCUT2D eigenvalue weighted by Crippen LogP contribution is -2.38. The van der Waals surface area contributed by atoms with E-state index < -0.39 is 0 Å².